The maximum atomic E-state index is 5.06. The third kappa shape index (κ3) is 4.76. The average molecular weight is 172 g/mol. The zero-order valence-corrected chi connectivity index (χ0v) is 7.81. The second kappa shape index (κ2) is 6.47. The van der Waals surface area contributed by atoms with Crippen molar-refractivity contribution < 1.29 is 4.74 Å². The van der Waals surface area contributed by atoms with Gasteiger partial charge in [0, 0.05) is 13.2 Å². The summed E-state index contributed by atoms with van der Waals surface area (Å²) in [7, 11) is 0. The van der Waals surface area contributed by atoms with E-state index in [-0.39, 0.29) is 7.43 Å². The Hall–Kier alpha value is -0.0400. The molecule has 1 aliphatic heterocycles. The van der Waals surface area contributed by atoms with Crippen molar-refractivity contribution in [3.8, 4) is 0 Å². The van der Waals surface area contributed by atoms with Crippen molar-refractivity contribution in [3.05, 3.63) is 0 Å². The number of ether oxygens (including phenoxy) is 1. The summed E-state index contributed by atoms with van der Waals surface area (Å²) >= 11 is 0. The minimum Gasteiger partial charge on any atom is -0.381 e. The van der Waals surface area contributed by atoms with Crippen LogP contribution in [0.3, 0.4) is 0 Å². The zero-order chi connectivity index (χ0) is 8.10. The summed E-state index contributed by atoms with van der Waals surface area (Å²) in [4.78, 5) is 0. The van der Waals surface area contributed by atoms with Crippen molar-refractivity contribution in [1.29, 1.82) is 0 Å². The molecule has 1 saturated carbocycles. The summed E-state index contributed by atoms with van der Waals surface area (Å²) in [6.45, 7) is 6.50. The van der Waals surface area contributed by atoms with Crippen LogP contribution in [0.2, 0.25) is 0 Å². The molecule has 0 spiro atoms. The molecule has 1 heterocycles. The topological polar surface area (TPSA) is 9.23 Å². The lowest BCUT2D eigenvalue weighted by atomic mass is 9.88. The van der Waals surface area contributed by atoms with E-state index in [1.54, 1.807) is 0 Å². The van der Waals surface area contributed by atoms with Gasteiger partial charge in [-0.15, -0.1) is 0 Å². The predicted molar refractivity (Wildman–Crippen MR) is 54.3 cm³/mol. The third-order valence-corrected chi connectivity index (χ3v) is 2.55. The van der Waals surface area contributed by atoms with Gasteiger partial charge in [0.1, 0.15) is 0 Å². The Kier molecular flexibility index (Phi) is 6.45. The van der Waals surface area contributed by atoms with E-state index < -0.39 is 0 Å². The van der Waals surface area contributed by atoms with Gasteiger partial charge >= 0.3 is 0 Å². The van der Waals surface area contributed by atoms with Gasteiger partial charge in [-0.05, 0) is 18.3 Å². The predicted octanol–water partition coefficient (Wildman–Crippen LogP) is 3.49. The Balaban J connectivity index is 0.000000189. The van der Waals surface area contributed by atoms with E-state index >= 15 is 0 Å². The van der Waals surface area contributed by atoms with Crippen LogP contribution < -0.4 is 0 Å². The molecule has 0 aromatic rings. The van der Waals surface area contributed by atoms with Crippen molar-refractivity contribution in [2.45, 2.75) is 47.0 Å². The van der Waals surface area contributed by atoms with E-state index in [0.717, 1.165) is 25.0 Å². The molecule has 2 aliphatic rings. The lowest BCUT2D eigenvalue weighted by Gasteiger charge is -2.18. The summed E-state index contributed by atoms with van der Waals surface area (Å²) < 4.78 is 5.06. The van der Waals surface area contributed by atoms with E-state index in [2.05, 4.69) is 13.8 Å². The molecule has 0 N–H and O–H groups in total. The fourth-order valence-electron chi connectivity index (χ4n) is 1.26. The molecule has 0 radical (unpaired) electrons. The fraction of sp³-hybridized carbons (Fsp3) is 1.00. The first-order chi connectivity index (χ1) is 5.29. The largest absolute Gasteiger partial charge is 0.381 e. The standard InChI is InChI=1S/C5H10O.C5H10.CH4/c1-5-2-3-6-4-5;1-5-3-2-4-5;/h5H,2-4H2,1H3;5H,2-4H2,1H3;1H4. The molecule has 74 valence electrons. The van der Waals surface area contributed by atoms with Gasteiger partial charge in [-0.25, -0.2) is 0 Å². The van der Waals surface area contributed by atoms with E-state index in [0.29, 0.717) is 0 Å². The van der Waals surface area contributed by atoms with E-state index in [4.69, 9.17) is 4.74 Å². The Morgan fingerprint density at radius 3 is 1.67 bits per heavy atom. The van der Waals surface area contributed by atoms with Gasteiger partial charge in [0.05, 0.1) is 0 Å². The maximum absolute atomic E-state index is 5.06. The SMILES string of the molecule is C.CC1CCC1.CC1CCOC1. The van der Waals surface area contributed by atoms with Crippen LogP contribution >= 0.6 is 0 Å². The molecular formula is C11H24O. The lowest BCUT2D eigenvalue weighted by molar-refractivity contribution is 0.188. The molecule has 1 atom stereocenters. The normalized spacial score (nSPS) is 28.0. The molecule has 0 amide bonds. The fourth-order valence-corrected chi connectivity index (χ4v) is 1.26. The Morgan fingerprint density at radius 2 is 1.58 bits per heavy atom. The van der Waals surface area contributed by atoms with E-state index in [1.807, 2.05) is 0 Å². The number of rotatable bonds is 0. The highest BCUT2D eigenvalue weighted by atomic mass is 16.5. The van der Waals surface area contributed by atoms with Crippen molar-refractivity contribution in [1.82, 2.24) is 0 Å². The molecule has 1 heteroatoms. The molecular weight excluding hydrogens is 148 g/mol. The summed E-state index contributed by atoms with van der Waals surface area (Å²) in [5, 5.41) is 0. The molecule has 0 bridgehead atoms. The van der Waals surface area contributed by atoms with Gasteiger partial charge in [-0.1, -0.05) is 40.5 Å². The van der Waals surface area contributed by atoms with Crippen LogP contribution in [0.5, 0.6) is 0 Å². The van der Waals surface area contributed by atoms with E-state index in [9.17, 15) is 0 Å². The Labute approximate surface area is 77.5 Å². The third-order valence-electron chi connectivity index (χ3n) is 2.55. The minimum atomic E-state index is 0. The van der Waals surface area contributed by atoms with E-state index in [1.165, 1.54) is 25.7 Å². The number of hydrogen-bond acceptors (Lipinski definition) is 1. The van der Waals surface area contributed by atoms with Crippen LogP contribution in [0.1, 0.15) is 47.0 Å². The van der Waals surface area contributed by atoms with Crippen LogP contribution in [-0.2, 0) is 4.74 Å². The second-order valence-electron chi connectivity index (χ2n) is 4.00. The summed E-state index contributed by atoms with van der Waals surface area (Å²) in [5.41, 5.74) is 0. The highest BCUT2D eigenvalue weighted by Gasteiger charge is 2.09. The zero-order valence-electron chi connectivity index (χ0n) is 7.81. The van der Waals surface area contributed by atoms with Crippen LogP contribution in [-0.4, -0.2) is 13.2 Å². The summed E-state index contributed by atoms with van der Waals surface area (Å²) in [5.74, 6) is 1.89. The second-order valence-corrected chi connectivity index (χ2v) is 4.00. The lowest BCUT2D eigenvalue weighted by Crippen LogP contribution is -2.04. The van der Waals surface area contributed by atoms with Crippen LogP contribution in [0, 0.1) is 11.8 Å². The smallest absolute Gasteiger partial charge is 0.0492 e. The van der Waals surface area contributed by atoms with Crippen LogP contribution in [0.25, 0.3) is 0 Å². The maximum Gasteiger partial charge on any atom is 0.0492 e. The molecule has 2 fully saturated rings. The van der Waals surface area contributed by atoms with Crippen molar-refractivity contribution in [3.63, 3.8) is 0 Å². The van der Waals surface area contributed by atoms with Gasteiger partial charge in [-0.2, -0.15) is 0 Å². The quantitative estimate of drug-likeness (QED) is 0.543. The van der Waals surface area contributed by atoms with Gasteiger partial charge in [-0.3, -0.25) is 0 Å². The van der Waals surface area contributed by atoms with Gasteiger partial charge < -0.3 is 4.74 Å². The van der Waals surface area contributed by atoms with Crippen molar-refractivity contribution in [2.75, 3.05) is 13.2 Å². The first-order valence-electron chi connectivity index (χ1n) is 4.87. The summed E-state index contributed by atoms with van der Waals surface area (Å²) in [6.07, 6.45) is 5.72. The van der Waals surface area contributed by atoms with Gasteiger partial charge in [0.15, 0.2) is 0 Å². The molecule has 1 aliphatic carbocycles. The molecule has 12 heavy (non-hydrogen) atoms. The number of hydrogen-bond donors (Lipinski definition) is 0. The minimum absolute atomic E-state index is 0. The molecule has 1 unspecified atom stereocenters. The average Bonchev–Trinajstić information content (AvgIpc) is 2.36. The van der Waals surface area contributed by atoms with Gasteiger partial charge in [0.25, 0.3) is 0 Å². The van der Waals surface area contributed by atoms with Crippen LogP contribution in [0.4, 0.5) is 0 Å². The highest BCUT2D eigenvalue weighted by Crippen LogP contribution is 2.24. The van der Waals surface area contributed by atoms with Crippen LogP contribution in [0.15, 0.2) is 0 Å². The first kappa shape index (κ1) is 12.0. The Bertz CT molecular complexity index is 91.2. The first-order valence-corrected chi connectivity index (χ1v) is 4.87. The molecule has 2 rings (SSSR count). The molecule has 0 aromatic heterocycles. The Morgan fingerprint density at radius 1 is 1.00 bits per heavy atom. The molecule has 1 nitrogen and oxygen atoms in total. The molecule has 0 aromatic carbocycles. The van der Waals surface area contributed by atoms with Crippen molar-refractivity contribution in [2.24, 2.45) is 11.8 Å². The molecule has 1 saturated heterocycles. The van der Waals surface area contributed by atoms with Gasteiger partial charge in [0.2, 0.25) is 0 Å². The highest BCUT2D eigenvalue weighted by molar-refractivity contribution is 4.62. The monoisotopic (exact) mass is 172 g/mol. The summed E-state index contributed by atoms with van der Waals surface area (Å²) in [6, 6.07) is 0. The van der Waals surface area contributed by atoms with Crippen molar-refractivity contribution >= 4 is 0 Å².